The highest BCUT2D eigenvalue weighted by atomic mass is 16.5. The van der Waals surface area contributed by atoms with E-state index in [9.17, 15) is 0 Å². The molecule has 0 bridgehead atoms. The maximum Gasteiger partial charge on any atom is 0.0793 e. The van der Waals surface area contributed by atoms with Crippen molar-refractivity contribution < 1.29 is 4.74 Å². The number of fused-ring (bicyclic) bond motifs is 1. The molecule has 1 aromatic rings. The van der Waals surface area contributed by atoms with Gasteiger partial charge in [-0.3, -0.25) is 0 Å². The number of hydrogen-bond acceptors (Lipinski definition) is 1. The summed E-state index contributed by atoms with van der Waals surface area (Å²) in [5.41, 5.74) is 4.40. The van der Waals surface area contributed by atoms with Crippen LogP contribution in [0.1, 0.15) is 42.6 Å². The van der Waals surface area contributed by atoms with E-state index in [1.54, 1.807) is 12.7 Å². The molecule has 1 aliphatic rings. The van der Waals surface area contributed by atoms with Crippen LogP contribution in [0.5, 0.6) is 0 Å². The highest BCUT2D eigenvalue weighted by molar-refractivity contribution is 5.34. The fraction of sp³-hybridized carbons (Fsp3) is 0.538. The van der Waals surface area contributed by atoms with Crippen LogP contribution in [0, 0.1) is 0 Å². The van der Waals surface area contributed by atoms with Crippen molar-refractivity contribution in [3.05, 3.63) is 34.9 Å². The van der Waals surface area contributed by atoms with E-state index >= 15 is 0 Å². The third-order valence-corrected chi connectivity index (χ3v) is 3.20. The van der Waals surface area contributed by atoms with Crippen LogP contribution in [-0.2, 0) is 17.6 Å². The zero-order chi connectivity index (χ0) is 9.97. The average molecular weight is 190 g/mol. The topological polar surface area (TPSA) is 9.23 Å². The van der Waals surface area contributed by atoms with Crippen LogP contribution in [0.25, 0.3) is 0 Å². The molecule has 1 nitrogen and oxygen atoms in total. The molecular formula is C13H18O. The lowest BCUT2D eigenvalue weighted by Crippen LogP contribution is -2.05. The molecule has 1 atom stereocenters. The predicted octanol–water partition coefficient (Wildman–Crippen LogP) is 3.27. The highest BCUT2D eigenvalue weighted by Crippen LogP contribution is 2.25. The molecule has 1 aromatic carbocycles. The van der Waals surface area contributed by atoms with Crippen LogP contribution in [-0.4, -0.2) is 7.11 Å². The second-order valence-electron chi connectivity index (χ2n) is 4.11. The number of rotatable bonds is 2. The summed E-state index contributed by atoms with van der Waals surface area (Å²) in [6.07, 6.45) is 5.43. The molecule has 0 spiro atoms. The van der Waals surface area contributed by atoms with Gasteiger partial charge in [0.1, 0.15) is 0 Å². The van der Waals surface area contributed by atoms with Gasteiger partial charge in [0.2, 0.25) is 0 Å². The van der Waals surface area contributed by atoms with Gasteiger partial charge in [-0.1, -0.05) is 18.2 Å². The summed E-state index contributed by atoms with van der Waals surface area (Å²) >= 11 is 0. The third kappa shape index (κ3) is 1.83. The lowest BCUT2D eigenvalue weighted by Gasteiger charge is -2.18. The Bertz CT molecular complexity index is 317. The summed E-state index contributed by atoms with van der Waals surface area (Å²) in [6, 6.07) is 6.81. The lowest BCUT2D eigenvalue weighted by molar-refractivity contribution is 0.119. The van der Waals surface area contributed by atoms with Gasteiger partial charge in [-0.2, -0.15) is 0 Å². The van der Waals surface area contributed by atoms with Gasteiger partial charge < -0.3 is 4.74 Å². The minimum Gasteiger partial charge on any atom is -0.377 e. The first-order valence-corrected chi connectivity index (χ1v) is 5.46. The third-order valence-electron chi connectivity index (χ3n) is 3.20. The van der Waals surface area contributed by atoms with Gasteiger partial charge in [-0.05, 0) is 49.3 Å². The number of benzene rings is 1. The minimum atomic E-state index is 0.224. The molecule has 0 amide bonds. The molecule has 2 rings (SSSR count). The van der Waals surface area contributed by atoms with E-state index in [0.717, 1.165) is 0 Å². The van der Waals surface area contributed by atoms with E-state index in [1.165, 1.54) is 36.8 Å². The molecule has 0 radical (unpaired) electrons. The summed E-state index contributed by atoms with van der Waals surface area (Å²) < 4.78 is 5.33. The Kier molecular flexibility index (Phi) is 2.87. The van der Waals surface area contributed by atoms with Crippen molar-refractivity contribution in [1.29, 1.82) is 0 Å². The zero-order valence-electron chi connectivity index (χ0n) is 9.05. The smallest absolute Gasteiger partial charge is 0.0793 e. The van der Waals surface area contributed by atoms with Crippen LogP contribution in [0.15, 0.2) is 18.2 Å². The average Bonchev–Trinajstić information content (AvgIpc) is 2.27. The van der Waals surface area contributed by atoms with Gasteiger partial charge in [0.15, 0.2) is 0 Å². The fourth-order valence-corrected chi connectivity index (χ4v) is 2.14. The van der Waals surface area contributed by atoms with Gasteiger partial charge in [-0.25, -0.2) is 0 Å². The first kappa shape index (κ1) is 9.72. The Morgan fingerprint density at radius 2 is 1.86 bits per heavy atom. The minimum absolute atomic E-state index is 0.224. The van der Waals surface area contributed by atoms with Crippen molar-refractivity contribution >= 4 is 0 Å². The van der Waals surface area contributed by atoms with Gasteiger partial charge in [0.25, 0.3) is 0 Å². The molecule has 0 saturated heterocycles. The Balaban J connectivity index is 2.29. The Labute approximate surface area is 86.1 Å². The maximum absolute atomic E-state index is 5.33. The van der Waals surface area contributed by atoms with E-state index in [0.29, 0.717) is 0 Å². The Morgan fingerprint density at radius 3 is 2.57 bits per heavy atom. The van der Waals surface area contributed by atoms with E-state index in [4.69, 9.17) is 4.74 Å². The van der Waals surface area contributed by atoms with Crippen molar-refractivity contribution in [1.82, 2.24) is 0 Å². The molecule has 0 fully saturated rings. The second kappa shape index (κ2) is 4.14. The van der Waals surface area contributed by atoms with Crippen LogP contribution < -0.4 is 0 Å². The molecular weight excluding hydrogens is 172 g/mol. The highest BCUT2D eigenvalue weighted by Gasteiger charge is 2.11. The summed E-state index contributed by atoms with van der Waals surface area (Å²) in [4.78, 5) is 0. The van der Waals surface area contributed by atoms with Gasteiger partial charge >= 0.3 is 0 Å². The normalized spacial score (nSPS) is 17.6. The molecule has 0 aliphatic heterocycles. The van der Waals surface area contributed by atoms with E-state index in [1.807, 2.05) is 0 Å². The monoisotopic (exact) mass is 190 g/mol. The number of aryl methyl sites for hydroxylation is 2. The van der Waals surface area contributed by atoms with Gasteiger partial charge in [0, 0.05) is 7.11 Å². The van der Waals surface area contributed by atoms with E-state index in [-0.39, 0.29) is 6.10 Å². The molecule has 14 heavy (non-hydrogen) atoms. The summed E-state index contributed by atoms with van der Waals surface area (Å²) in [7, 11) is 1.77. The summed E-state index contributed by atoms with van der Waals surface area (Å²) in [5, 5.41) is 0. The second-order valence-corrected chi connectivity index (χ2v) is 4.11. The van der Waals surface area contributed by atoms with E-state index in [2.05, 4.69) is 25.1 Å². The van der Waals surface area contributed by atoms with Crippen molar-refractivity contribution in [2.45, 2.75) is 38.7 Å². The molecule has 1 unspecified atom stereocenters. The van der Waals surface area contributed by atoms with Gasteiger partial charge in [-0.15, -0.1) is 0 Å². The maximum atomic E-state index is 5.33. The number of hydrogen-bond donors (Lipinski definition) is 0. The van der Waals surface area contributed by atoms with Crippen molar-refractivity contribution in [3.8, 4) is 0 Å². The quantitative estimate of drug-likeness (QED) is 0.695. The van der Waals surface area contributed by atoms with Crippen molar-refractivity contribution in [2.24, 2.45) is 0 Å². The Morgan fingerprint density at radius 1 is 1.14 bits per heavy atom. The van der Waals surface area contributed by atoms with E-state index < -0.39 is 0 Å². The predicted molar refractivity (Wildman–Crippen MR) is 58.5 cm³/mol. The Hall–Kier alpha value is -0.820. The molecule has 0 heterocycles. The molecule has 1 aliphatic carbocycles. The molecule has 0 saturated carbocycles. The lowest BCUT2D eigenvalue weighted by atomic mass is 9.90. The van der Waals surface area contributed by atoms with Crippen molar-refractivity contribution in [3.63, 3.8) is 0 Å². The SMILES string of the molecule is COC(C)c1ccc2c(c1)CCCC2. The van der Waals surface area contributed by atoms with Crippen LogP contribution >= 0.6 is 0 Å². The first-order chi connectivity index (χ1) is 6.81. The standard InChI is InChI=1S/C13H18O/c1-10(14-2)12-8-7-11-5-3-4-6-13(11)9-12/h7-10H,3-6H2,1-2H3. The molecule has 0 N–H and O–H groups in total. The largest absolute Gasteiger partial charge is 0.377 e. The summed E-state index contributed by atoms with van der Waals surface area (Å²) in [6.45, 7) is 2.10. The fourth-order valence-electron chi connectivity index (χ4n) is 2.14. The van der Waals surface area contributed by atoms with Crippen LogP contribution in [0.2, 0.25) is 0 Å². The molecule has 0 aromatic heterocycles. The molecule has 76 valence electrons. The van der Waals surface area contributed by atoms with Gasteiger partial charge in [0.05, 0.1) is 6.10 Å². The first-order valence-electron chi connectivity index (χ1n) is 5.46. The summed E-state index contributed by atoms with van der Waals surface area (Å²) in [5.74, 6) is 0. The molecule has 1 heteroatoms. The number of methoxy groups -OCH3 is 1. The zero-order valence-corrected chi connectivity index (χ0v) is 9.05. The van der Waals surface area contributed by atoms with Crippen LogP contribution in [0.3, 0.4) is 0 Å². The van der Waals surface area contributed by atoms with Crippen LogP contribution in [0.4, 0.5) is 0 Å². The number of ether oxygens (including phenoxy) is 1. The van der Waals surface area contributed by atoms with Crippen molar-refractivity contribution in [2.75, 3.05) is 7.11 Å².